The predicted octanol–water partition coefficient (Wildman–Crippen LogP) is 10.1. The monoisotopic (exact) mass is 571 g/mol. The largest absolute Gasteiger partial charge is 0.446 e. The molecule has 0 saturated heterocycles. The lowest BCUT2D eigenvalue weighted by atomic mass is 9.47. The Bertz CT molecular complexity index is 895. The molecule has 3 fully saturated rings. The van der Waals surface area contributed by atoms with Crippen LogP contribution in [-0.4, -0.2) is 30.9 Å². The summed E-state index contributed by atoms with van der Waals surface area (Å²) in [4.78, 5) is 12.6. The van der Waals surface area contributed by atoms with Gasteiger partial charge in [-0.3, -0.25) is 0 Å². The van der Waals surface area contributed by atoms with Crippen LogP contribution in [-0.2, 0) is 9.47 Å². The van der Waals surface area contributed by atoms with E-state index in [0.717, 1.165) is 74.0 Å². The van der Waals surface area contributed by atoms with Gasteiger partial charge in [0.1, 0.15) is 6.10 Å². The Labute approximate surface area is 253 Å². The van der Waals surface area contributed by atoms with Gasteiger partial charge in [-0.15, -0.1) is 0 Å². The fourth-order valence-corrected chi connectivity index (χ4v) is 10.2. The van der Waals surface area contributed by atoms with Gasteiger partial charge in [-0.05, 0) is 118 Å². The maximum Gasteiger partial charge on any atom is 0.407 e. The lowest BCUT2D eigenvalue weighted by Gasteiger charge is -2.58. The fraction of sp³-hybridized carbons (Fsp3) is 0.919. The fourth-order valence-electron chi connectivity index (χ4n) is 10.2. The van der Waals surface area contributed by atoms with E-state index in [9.17, 15) is 4.79 Å². The van der Waals surface area contributed by atoms with E-state index in [-0.39, 0.29) is 17.8 Å². The first kappa shape index (κ1) is 32.9. The van der Waals surface area contributed by atoms with Crippen molar-refractivity contribution in [2.75, 3.05) is 13.2 Å². The third kappa shape index (κ3) is 7.55. The van der Waals surface area contributed by atoms with Crippen LogP contribution >= 0.6 is 0 Å². The molecule has 236 valence electrons. The van der Waals surface area contributed by atoms with Crippen LogP contribution in [0.3, 0.4) is 0 Å². The Hall–Kier alpha value is -1.03. The molecule has 0 aliphatic heterocycles. The highest BCUT2D eigenvalue weighted by Crippen LogP contribution is 2.67. The number of hydrogen-bond acceptors (Lipinski definition) is 3. The number of fused-ring (bicyclic) bond motifs is 5. The number of carbonyl (C=O) groups is 1. The average Bonchev–Trinajstić information content (AvgIpc) is 3.25. The summed E-state index contributed by atoms with van der Waals surface area (Å²) < 4.78 is 11.9. The summed E-state index contributed by atoms with van der Waals surface area (Å²) in [7, 11) is 0. The quantitative estimate of drug-likeness (QED) is 0.177. The van der Waals surface area contributed by atoms with E-state index in [4.69, 9.17) is 9.47 Å². The van der Waals surface area contributed by atoms with Gasteiger partial charge in [0.15, 0.2) is 0 Å². The number of allylic oxidation sites excluding steroid dienone is 1. The van der Waals surface area contributed by atoms with Crippen molar-refractivity contribution in [1.29, 1.82) is 0 Å². The molecule has 0 aromatic rings. The molecular formula is C37H65NO3. The van der Waals surface area contributed by atoms with Gasteiger partial charge in [-0.25, -0.2) is 4.79 Å². The summed E-state index contributed by atoms with van der Waals surface area (Å²) in [5.74, 6) is 5.16. The second-order valence-corrected chi connectivity index (χ2v) is 16.2. The molecule has 0 spiro atoms. The molecule has 4 aliphatic carbocycles. The molecule has 1 amide bonds. The van der Waals surface area contributed by atoms with Crippen molar-refractivity contribution in [3.05, 3.63) is 11.6 Å². The van der Waals surface area contributed by atoms with E-state index in [1.165, 1.54) is 51.4 Å². The normalized spacial score (nSPS) is 35.7. The van der Waals surface area contributed by atoms with E-state index in [0.29, 0.717) is 24.0 Å². The number of rotatable bonds is 13. The average molecular weight is 572 g/mol. The van der Waals surface area contributed by atoms with Crippen LogP contribution in [0.2, 0.25) is 0 Å². The van der Waals surface area contributed by atoms with Gasteiger partial charge in [-0.1, -0.05) is 78.9 Å². The summed E-state index contributed by atoms with van der Waals surface area (Å²) in [6.07, 6.45) is 19.6. The summed E-state index contributed by atoms with van der Waals surface area (Å²) in [5, 5.41) is 2.97. The predicted molar refractivity (Wildman–Crippen MR) is 171 cm³/mol. The molecule has 0 bridgehead atoms. The minimum atomic E-state index is -0.256. The molecule has 0 aromatic heterocycles. The molecule has 41 heavy (non-hydrogen) atoms. The third-order valence-electron chi connectivity index (χ3n) is 12.5. The Kier molecular flexibility index (Phi) is 11.0. The van der Waals surface area contributed by atoms with Gasteiger partial charge < -0.3 is 14.8 Å². The Morgan fingerprint density at radius 3 is 2.56 bits per heavy atom. The summed E-state index contributed by atoms with van der Waals surface area (Å²) >= 11 is 0. The number of ether oxygens (including phenoxy) is 2. The van der Waals surface area contributed by atoms with E-state index in [1.807, 2.05) is 0 Å². The van der Waals surface area contributed by atoms with Gasteiger partial charge in [0, 0.05) is 19.6 Å². The van der Waals surface area contributed by atoms with Crippen molar-refractivity contribution in [1.82, 2.24) is 5.32 Å². The van der Waals surface area contributed by atoms with Crippen LogP contribution in [0.15, 0.2) is 11.6 Å². The molecule has 4 rings (SSSR count). The van der Waals surface area contributed by atoms with Crippen LogP contribution in [0.25, 0.3) is 0 Å². The van der Waals surface area contributed by atoms with Gasteiger partial charge in [0.25, 0.3) is 0 Å². The van der Waals surface area contributed by atoms with Crippen molar-refractivity contribution < 1.29 is 14.3 Å². The highest BCUT2D eigenvalue weighted by atomic mass is 16.6. The van der Waals surface area contributed by atoms with E-state index in [2.05, 4.69) is 66.8 Å². The number of hydrogen-bond donors (Lipinski definition) is 1. The van der Waals surface area contributed by atoms with Gasteiger partial charge in [0.05, 0.1) is 5.60 Å². The lowest BCUT2D eigenvalue weighted by molar-refractivity contribution is -0.0581. The van der Waals surface area contributed by atoms with E-state index < -0.39 is 0 Å². The highest BCUT2D eigenvalue weighted by molar-refractivity contribution is 5.67. The molecule has 1 unspecified atom stereocenters. The van der Waals surface area contributed by atoms with E-state index >= 15 is 0 Å². The zero-order chi connectivity index (χ0) is 29.8. The molecule has 0 radical (unpaired) electrons. The number of carbonyl (C=O) groups excluding carboxylic acids is 1. The molecule has 8 atom stereocenters. The first-order chi connectivity index (χ1) is 19.4. The molecule has 3 saturated carbocycles. The van der Waals surface area contributed by atoms with Crippen molar-refractivity contribution >= 4 is 6.09 Å². The highest BCUT2D eigenvalue weighted by Gasteiger charge is 2.59. The summed E-state index contributed by atoms with van der Waals surface area (Å²) in [5.41, 5.74) is 2.34. The summed E-state index contributed by atoms with van der Waals surface area (Å²) in [6.45, 7) is 20.3. The lowest BCUT2D eigenvalue weighted by Crippen LogP contribution is -2.51. The molecule has 0 heterocycles. The van der Waals surface area contributed by atoms with Crippen molar-refractivity contribution in [3.63, 3.8) is 0 Å². The molecule has 4 nitrogen and oxygen atoms in total. The summed E-state index contributed by atoms with van der Waals surface area (Å²) in [6, 6.07) is 0. The minimum absolute atomic E-state index is 0.0158. The van der Waals surface area contributed by atoms with Crippen LogP contribution < -0.4 is 5.32 Å². The zero-order valence-corrected chi connectivity index (χ0v) is 28.2. The molecule has 4 heteroatoms. The Morgan fingerprint density at radius 1 is 1.05 bits per heavy atom. The Balaban J connectivity index is 1.27. The maximum absolute atomic E-state index is 12.6. The van der Waals surface area contributed by atoms with E-state index in [1.54, 1.807) is 5.57 Å². The SMILES string of the molecule is CCCC(C)(C)OCCCNC(=O)O[C@H]1CC[C@@]2(C)C(=CC[C@H]3[C@@H]4CC[C@H](C(C)CCCC(C)C)[C@@]4(C)CC[C@@H]32)C1. The molecular weight excluding hydrogens is 506 g/mol. The number of amides is 1. The van der Waals surface area contributed by atoms with Crippen LogP contribution in [0.5, 0.6) is 0 Å². The zero-order valence-electron chi connectivity index (χ0n) is 28.2. The molecule has 1 N–H and O–H groups in total. The maximum atomic E-state index is 12.6. The number of nitrogens with one attached hydrogen (secondary N) is 1. The second-order valence-electron chi connectivity index (χ2n) is 16.2. The molecule has 4 aliphatic rings. The third-order valence-corrected chi connectivity index (χ3v) is 12.5. The van der Waals surface area contributed by atoms with Crippen LogP contribution in [0.4, 0.5) is 4.79 Å². The minimum Gasteiger partial charge on any atom is -0.446 e. The van der Waals surface area contributed by atoms with Crippen molar-refractivity contribution in [2.45, 2.75) is 157 Å². The van der Waals surface area contributed by atoms with Crippen LogP contribution in [0.1, 0.15) is 145 Å². The topological polar surface area (TPSA) is 47.6 Å². The van der Waals surface area contributed by atoms with Gasteiger partial charge in [-0.2, -0.15) is 0 Å². The standard InChI is InChI=1S/C37H65NO3/c1-9-20-35(5,6)40-24-11-23-38-34(39)41-29-18-21-36(7)28(25-29)14-15-30-32-17-16-31(27(4)13-10-12-26(2)3)37(32,8)22-19-33(30)36/h14,26-27,29-33H,9-13,15-25H2,1-8H3,(H,38,39)/t27?,29-,30-,31+,32-,33-,36-,37+/m0/s1. The van der Waals surface area contributed by atoms with Crippen molar-refractivity contribution in [2.24, 2.45) is 46.3 Å². The van der Waals surface area contributed by atoms with Crippen LogP contribution in [0, 0.1) is 46.3 Å². The van der Waals surface area contributed by atoms with Gasteiger partial charge >= 0.3 is 6.09 Å². The first-order valence-corrected chi connectivity index (χ1v) is 17.7. The second kappa shape index (κ2) is 13.7. The molecule has 0 aromatic carbocycles. The smallest absolute Gasteiger partial charge is 0.407 e. The first-order valence-electron chi connectivity index (χ1n) is 17.7. The van der Waals surface area contributed by atoms with Crippen molar-refractivity contribution in [3.8, 4) is 0 Å². The Morgan fingerprint density at radius 2 is 1.83 bits per heavy atom. The van der Waals surface area contributed by atoms with Gasteiger partial charge in [0.2, 0.25) is 0 Å². The number of alkyl carbamates (subject to hydrolysis) is 1.